The summed E-state index contributed by atoms with van der Waals surface area (Å²) in [6.45, 7) is 2.14. The van der Waals surface area contributed by atoms with Gasteiger partial charge in [-0.25, -0.2) is 4.68 Å². The molecule has 2 saturated heterocycles. The summed E-state index contributed by atoms with van der Waals surface area (Å²) in [6.07, 6.45) is 6.56. The van der Waals surface area contributed by atoms with E-state index in [-0.39, 0.29) is 42.5 Å². The van der Waals surface area contributed by atoms with Gasteiger partial charge in [-0.1, -0.05) is 11.6 Å². The Morgan fingerprint density at radius 3 is 2.75 bits per heavy atom. The Morgan fingerprint density at radius 2 is 1.97 bits per heavy atom. The van der Waals surface area contributed by atoms with Crippen molar-refractivity contribution in [2.75, 3.05) is 19.7 Å². The molecule has 11 heteroatoms. The summed E-state index contributed by atoms with van der Waals surface area (Å²) in [5.74, 6) is -0.611. The highest BCUT2D eigenvalue weighted by Gasteiger charge is 2.39. The van der Waals surface area contributed by atoms with E-state index in [1.807, 2.05) is 11.0 Å². The maximum Gasteiger partial charge on any atom is 0.276 e. The van der Waals surface area contributed by atoms with Crippen LogP contribution in [0.15, 0.2) is 24.4 Å². The number of hydrogen-bond acceptors (Lipinski definition) is 7. The molecule has 4 aliphatic rings. The van der Waals surface area contributed by atoms with E-state index in [4.69, 9.17) is 4.74 Å². The molecular formula is C25H28N6O5. The third kappa shape index (κ3) is 4.06. The predicted molar refractivity (Wildman–Crippen MR) is 125 cm³/mol. The number of piperidine rings is 1. The molecule has 1 aromatic heterocycles. The minimum atomic E-state index is -0.664. The average molecular weight is 493 g/mol. The van der Waals surface area contributed by atoms with Crippen LogP contribution in [-0.2, 0) is 20.9 Å². The first kappa shape index (κ1) is 22.8. The van der Waals surface area contributed by atoms with Crippen molar-refractivity contribution in [3.05, 3.63) is 41.2 Å². The molecular weight excluding hydrogens is 464 g/mol. The number of benzene rings is 1. The Morgan fingerprint density at radius 1 is 1.11 bits per heavy atom. The molecule has 4 heterocycles. The monoisotopic (exact) mass is 492 g/mol. The summed E-state index contributed by atoms with van der Waals surface area (Å²) in [4.78, 5) is 53.2. The fourth-order valence-corrected chi connectivity index (χ4v) is 5.49. The first-order valence-corrected chi connectivity index (χ1v) is 12.6. The third-order valence-electron chi connectivity index (χ3n) is 7.75. The van der Waals surface area contributed by atoms with Crippen molar-refractivity contribution >= 4 is 23.6 Å². The van der Waals surface area contributed by atoms with Crippen molar-refractivity contribution in [2.45, 2.75) is 57.2 Å². The second kappa shape index (κ2) is 9.12. The standard InChI is InChI=1S/C25H28N6O5/c32-22-8-7-20(23(33)26-22)30-12-16-11-17(5-6-18(16)24(30)34)31-13-19(27-28-31)25(35)29-9-2-10-36-21(14-29)15-3-1-4-15/h5-6,11,13,15,20-21H,1-4,7-10,12,14H2,(H,26,32,33). The molecule has 2 unspecified atom stereocenters. The summed E-state index contributed by atoms with van der Waals surface area (Å²) in [5.41, 5.74) is 2.22. The van der Waals surface area contributed by atoms with Crippen molar-refractivity contribution in [3.8, 4) is 5.69 Å². The molecule has 1 aromatic carbocycles. The van der Waals surface area contributed by atoms with Crippen LogP contribution in [-0.4, -0.2) is 80.3 Å². The fourth-order valence-electron chi connectivity index (χ4n) is 5.49. The van der Waals surface area contributed by atoms with Crippen LogP contribution in [0.1, 0.15) is 64.9 Å². The van der Waals surface area contributed by atoms with E-state index in [0.717, 1.165) is 24.8 Å². The number of carbonyl (C=O) groups is 4. The molecule has 1 N–H and O–H groups in total. The summed E-state index contributed by atoms with van der Waals surface area (Å²) < 4.78 is 7.54. The molecule has 2 aromatic rings. The van der Waals surface area contributed by atoms with E-state index < -0.39 is 11.9 Å². The van der Waals surface area contributed by atoms with Gasteiger partial charge in [0.05, 0.1) is 18.0 Å². The van der Waals surface area contributed by atoms with Crippen LogP contribution in [0.3, 0.4) is 0 Å². The number of hydrogen-bond donors (Lipinski definition) is 1. The van der Waals surface area contributed by atoms with Gasteiger partial charge in [0.25, 0.3) is 11.8 Å². The number of nitrogens with zero attached hydrogens (tertiary/aromatic N) is 5. The average Bonchev–Trinajstić information content (AvgIpc) is 3.36. The molecule has 0 spiro atoms. The predicted octanol–water partition coefficient (Wildman–Crippen LogP) is 1.06. The molecule has 36 heavy (non-hydrogen) atoms. The normalized spacial score (nSPS) is 24.8. The molecule has 0 bridgehead atoms. The SMILES string of the molecule is O=C1CCC(N2Cc3cc(-n4cc(C(=O)N5CCCOC(C6CCC6)C5)nn4)ccc3C2=O)C(=O)N1. The van der Waals surface area contributed by atoms with E-state index >= 15 is 0 Å². The van der Waals surface area contributed by atoms with Crippen LogP contribution in [0.25, 0.3) is 5.69 Å². The first-order valence-electron chi connectivity index (χ1n) is 12.6. The summed E-state index contributed by atoms with van der Waals surface area (Å²) in [5, 5.41) is 10.6. The van der Waals surface area contributed by atoms with Crippen LogP contribution < -0.4 is 5.32 Å². The number of ether oxygens (including phenoxy) is 1. The zero-order valence-electron chi connectivity index (χ0n) is 19.9. The minimum Gasteiger partial charge on any atom is -0.376 e. The van der Waals surface area contributed by atoms with E-state index in [2.05, 4.69) is 15.6 Å². The Balaban J connectivity index is 1.17. The van der Waals surface area contributed by atoms with Gasteiger partial charge in [-0.15, -0.1) is 5.10 Å². The lowest BCUT2D eigenvalue weighted by molar-refractivity contribution is -0.136. The number of carbonyl (C=O) groups excluding carboxylic acids is 4. The van der Waals surface area contributed by atoms with Gasteiger partial charge < -0.3 is 14.5 Å². The van der Waals surface area contributed by atoms with Crippen LogP contribution >= 0.6 is 0 Å². The van der Waals surface area contributed by atoms with Gasteiger partial charge in [0.15, 0.2) is 5.69 Å². The van der Waals surface area contributed by atoms with Crippen LogP contribution in [0.2, 0.25) is 0 Å². The molecule has 11 nitrogen and oxygen atoms in total. The Kier molecular flexibility index (Phi) is 5.79. The maximum absolute atomic E-state index is 13.2. The zero-order valence-corrected chi connectivity index (χ0v) is 19.9. The first-order chi connectivity index (χ1) is 17.5. The number of fused-ring (bicyclic) bond motifs is 1. The highest BCUT2D eigenvalue weighted by molar-refractivity contribution is 6.05. The smallest absolute Gasteiger partial charge is 0.276 e. The highest BCUT2D eigenvalue weighted by Crippen LogP contribution is 2.33. The molecule has 1 saturated carbocycles. The van der Waals surface area contributed by atoms with E-state index in [9.17, 15) is 19.2 Å². The van der Waals surface area contributed by atoms with Crippen LogP contribution in [0, 0.1) is 5.92 Å². The Hall–Kier alpha value is -3.60. The topological polar surface area (TPSA) is 127 Å². The number of imide groups is 1. The number of nitrogens with one attached hydrogen (secondary N) is 1. The minimum absolute atomic E-state index is 0.0850. The lowest BCUT2D eigenvalue weighted by atomic mass is 9.81. The molecule has 188 valence electrons. The van der Waals surface area contributed by atoms with Crippen LogP contribution in [0.5, 0.6) is 0 Å². The number of aromatic nitrogens is 3. The van der Waals surface area contributed by atoms with Crippen molar-refractivity contribution in [3.63, 3.8) is 0 Å². The van der Waals surface area contributed by atoms with Crippen molar-refractivity contribution < 1.29 is 23.9 Å². The van der Waals surface area contributed by atoms with E-state index in [1.54, 1.807) is 18.3 Å². The Bertz CT molecular complexity index is 1240. The fraction of sp³-hybridized carbons (Fsp3) is 0.520. The van der Waals surface area contributed by atoms with Crippen molar-refractivity contribution in [1.82, 2.24) is 30.1 Å². The highest BCUT2D eigenvalue weighted by atomic mass is 16.5. The second-order valence-corrected chi connectivity index (χ2v) is 9.99. The van der Waals surface area contributed by atoms with Gasteiger partial charge in [-0.2, -0.15) is 0 Å². The van der Waals surface area contributed by atoms with Crippen LogP contribution in [0.4, 0.5) is 0 Å². The van der Waals surface area contributed by atoms with Crippen molar-refractivity contribution in [2.24, 2.45) is 5.92 Å². The summed E-state index contributed by atoms with van der Waals surface area (Å²) >= 11 is 0. The lowest BCUT2D eigenvalue weighted by Crippen LogP contribution is -2.52. The molecule has 6 rings (SSSR count). The lowest BCUT2D eigenvalue weighted by Gasteiger charge is -2.34. The maximum atomic E-state index is 13.2. The van der Waals surface area contributed by atoms with Gasteiger partial charge in [0, 0.05) is 38.2 Å². The third-order valence-corrected chi connectivity index (χ3v) is 7.75. The second-order valence-electron chi connectivity index (χ2n) is 9.99. The zero-order chi connectivity index (χ0) is 24.8. The van der Waals surface area contributed by atoms with Gasteiger partial charge >= 0.3 is 0 Å². The molecule has 4 amide bonds. The van der Waals surface area contributed by atoms with Gasteiger partial charge in [-0.3, -0.25) is 24.5 Å². The van der Waals surface area contributed by atoms with Gasteiger partial charge in [0.2, 0.25) is 11.8 Å². The summed E-state index contributed by atoms with van der Waals surface area (Å²) in [7, 11) is 0. The molecule has 3 fully saturated rings. The molecule has 2 atom stereocenters. The quantitative estimate of drug-likeness (QED) is 0.633. The Labute approximate surface area is 207 Å². The number of rotatable bonds is 4. The van der Waals surface area contributed by atoms with Gasteiger partial charge in [0.1, 0.15) is 6.04 Å². The van der Waals surface area contributed by atoms with Crippen molar-refractivity contribution in [1.29, 1.82) is 0 Å². The molecule has 3 aliphatic heterocycles. The molecule has 0 radical (unpaired) electrons. The largest absolute Gasteiger partial charge is 0.376 e. The van der Waals surface area contributed by atoms with E-state index in [1.165, 1.54) is 16.0 Å². The summed E-state index contributed by atoms with van der Waals surface area (Å²) in [6, 6.07) is 4.62. The number of amides is 4. The molecule has 1 aliphatic carbocycles. The van der Waals surface area contributed by atoms with Gasteiger partial charge in [-0.05, 0) is 55.4 Å². The van der Waals surface area contributed by atoms with E-state index in [0.29, 0.717) is 43.3 Å².